The molecule has 2 aromatic rings. The van der Waals surface area contributed by atoms with Gasteiger partial charge < -0.3 is 19.7 Å². The highest BCUT2D eigenvalue weighted by Crippen LogP contribution is 2.19. The second-order valence-corrected chi connectivity index (χ2v) is 7.46. The van der Waals surface area contributed by atoms with Crippen molar-refractivity contribution in [1.82, 2.24) is 15.2 Å². The molecule has 2 heterocycles. The molecular formula is C24H32N4O3. The van der Waals surface area contributed by atoms with Crippen LogP contribution in [-0.4, -0.2) is 48.1 Å². The van der Waals surface area contributed by atoms with Crippen LogP contribution >= 0.6 is 0 Å². The number of carbonyl (C=O) groups is 1. The average molecular weight is 425 g/mol. The van der Waals surface area contributed by atoms with E-state index in [1.807, 2.05) is 49.4 Å². The van der Waals surface area contributed by atoms with E-state index in [-0.39, 0.29) is 11.9 Å². The number of aliphatic imine (C=N–C) groups is 1. The molecule has 1 aromatic carbocycles. The first kappa shape index (κ1) is 22.6. The zero-order valence-corrected chi connectivity index (χ0v) is 18.4. The highest BCUT2D eigenvalue weighted by molar-refractivity contribution is 5.81. The van der Waals surface area contributed by atoms with Crippen LogP contribution < -0.4 is 10.1 Å². The normalized spacial score (nSPS) is 16.6. The molecule has 3 rings (SSSR count). The first-order valence-corrected chi connectivity index (χ1v) is 11.0. The largest absolute Gasteiger partial charge is 0.487 e. The summed E-state index contributed by atoms with van der Waals surface area (Å²) < 4.78 is 11.0. The maximum absolute atomic E-state index is 12.2. The number of pyridine rings is 1. The third kappa shape index (κ3) is 6.98. The molecule has 1 saturated heterocycles. The Hall–Kier alpha value is -3.09. The zero-order valence-electron chi connectivity index (χ0n) is 18.4. The molecule has 1 aromatic heterocycles. The lowest BCUT2D eigenvalue weighted by molar-refractivity contribution is -0.149. The van der Waals surface area contributed by atoms with Gasteiger partial charge in [0.15, 0.2) is 5.96 Å². The van der Waals surface area contributed by atoms with Crippen molar-refractivity contribution in [2.24, 2.45) is 10.9 Å². The highest BCUT2D eigenvalue weighted by Gasteiger charge is 2.28. The van der Waals surface area contributed by atoms with E-state index >= 15 is 0 Å². The summed E-state index contributed by atoms with van der Waals surface area (Å²) in [7, 11) is 0. The van der Waals surface area contributed by atoms with E-state index < -0.39 is 0 Å². The van der Waals surface area contributed by atoms with E-state index in [9.17, 15) is 4.79 Å². The summed E-state index contributed by atoms with van der Waals surface area (Å²) in [5, 5.41) is 3.36. The number of carbonyl (C=O) groups excluding carboxylic acids is 1. The molecule has 31 heavy (non-hydrogen) atoms. The van der Waals surface area contributed by atoms with Gasteiger partial charge in [-0.25, -0.2) is 4.99 Å². The summed E-state index contributed by atoms with van der Waals surface area (Å²) in [6.07, 6.45) is 3.59. The third-order valence-electron chi connectivity index (χ3n) is 5.12. The number of guanidine groups is 1. The lowest BCUT2D eigenvalue weighted by Gasteiger charge is -2.34. The Kier molecular flexibility index (Phi) is 8.70. The molecule has 1 aliphatic heterocycles. The fourth-order valence-corrected chi connectivity index (χ4v) is 3.55. The Morgan fingerprint density at radius 3 is 2.77 bits per heavy atom. The number of ether oxygens (including phenoxy) is 2. The number of rotatable bonds is 8. The molecule has 166 valence electrons. The monoisotopic (exact) mass is 424 g/mol. The Bertz CT molecular complexity index is 840. The van der Waals surface area contributed by atoms with Crippen LogP contribution in [0.3, 0.4) is 0 Å². The Morgan fingerprint density at radius 2 is 2.06 bits per heavy atom. The Labute approximate surface area is 184 Å². The number of benzene rings is 1. The number of hydrogen-bond acceptors (Lipinski definition) is 5. The molecule has 7 nitrogen and oxygen atoms in total. The van der Waals surface area contributed by atoms with Gasteiger partial charge in [0.2, 0.25) is 0 Å². The van der Waals surface area contributed by atoms with Gasteiger partial charge in [-0.2, -0.15) is 0 Å². The van der Waals surface area contributed by atoms with Gasteiger partial charge in [0.05, 0.1) is 24.8 Å². The number of nitrogens with one attached hydrogen (secondary N) is 1. The lowest BCUT2D eigenvalue weighted by atomic mass is 9.98. The highest BCUT2D eigenvalue weighted by atomic mass is 16.5. The molecular weight excluding hydrogens is 392 g/mol. The molecule has 1 fully saturated rings. The van der Waals surface area contributed by atoms with Crippen LogP contribution in [-0.2, 0) is 22.7 Å². The number of piperidine rings is 1. The number of hydrogen-bond donors (Lipinski definition) is 1. The van der Waals surface area contributed by atoms with Crippen LogP contribution in [0.2, 0.25) is 0 Å². The fraction of sp³-hybridized carbons (Fsp3) is 0.458. The second kappa shape index (κ2) is 11.9. The Morgan fingerprint density at radius 1 is 1.23 bits per heavy atom. The summed E-state index contributed by atoms with van der Waals surface area (Å²) in [5.41, 5.74) is 1.99. The number of esters is 1. The van der Waals surface area contributed by atoms with Crippen molar-refractivity contribution < 1.29 is 14.3 Å². The predicted octanol–water partition coefficient (Wildman–Crippen LogP) is 3.40. The predicted molar refractivity (Wildman–Crippen MR) is 121 cm³/mol. The minimum absolute atomic E-state index is 0.0897. The van der Waals surface area contributed by atoms with Crippen LogP contribution in [0.1, 0.15) is 37.9 Å². The smallest absolute Gasteiger partial charge is 0.310 e. The van der Waals surface area contributed by atoms with Gasteiger partial charge in [-0.1, -0.05) is 18.2 Å². The van der Waals surface area contributed by atoms with Gasteiger partial charge in [-0.15, -0.1) is 0 Å². The van der Waals surface area contributed by atoms with E-state index in [1.54, 1.807) is 6.20 Å². The van der Waals surface area contributed by atoms with E-state index in [0.29, 0.717) is 26.3 Å². The van der Waals surface area contributed by atoms with Gasteiger partial charge in [0.25, 0.3) is 0 Å². The van der Waals surface area contributed by atoms with E-state index in [1.165, 1.54) is 0 Å². The lowest BCUT2D eigenvalue weighted by Crippen LogP contribution is -2.48. The summed E-state index contributed by atoms with van der Waals surface area (Å²) in [6.45, 7) is 7.63. The van der Waals surface area contributed by atoms with Gasteiger partial charge in [-0.3, -0.25) is 9.78 Å². The number of nitrogens with zero attached hydrogens (tertiary/aromatic N) is 3. The van der Waals surface area contributed by atoms with E-state index in [4.69, 9.17) is 14.5 Å². The maximum atomic E-state index is 12.2. The SMILES string of the molecule is CCNC(=NCc1ccc(OCc2ccccn2)cc1)N1CCC[C@H](C(=O)OCC)C1. The molecule has 1 atom stereocenters. The first-order valence-electron chi connectivity index (χ1n) is 11.0. The minimum atomic E-state index is -0.107. The van der Waals surface area contributed by atoms with Gasteiger partial charge >= 0.3 is 5.97 Å². The number of likely N-dealkylation sites (tertiary alicyclic amines) is 1. The quantitative estimate of drug-likeness (QED) is 0.398. The van der Waals surface area contributed by atoms with Gasteiger partial charge in [0.1, 0.15) is 12.4 Å². The average Bonchev–Trinajstić information content (AvgIpc) is 2.82. The van der Waals surface area contributed by atoms with Crippen molar-refractivity contribution in [2.75, 3.05) is 26.2 Å². The summed E-state index contributed by atoms with van der Waals surface area (Å²) >= 11 is 0. The summed E-state index contributed by atoms with van der Waals surface area (Å²) in [6, 6.07) is 13.7. The van der Waals surface area contributed by atoms with Crippen molar-refractivity contribution in [2.45, 2.75) is 39.8 Å². The topological polar surface area (TPSA) is 76.1 Å². The van der Waals surface area contributed by atoms with Crippen molar-refractivity contribution in [3.05, 3.63) is 59.9 Å². The maximum Gasteiger partial charge on any atom is 0.310 e. The van der Waals surface area contributed by atoms with Crippen molar-refractivity contribution in [3.63, 3.8) is 0 Å². The number of aromatic nitrogens is 1. The fourth-order valence-electron chi connectivity index (χ4n) is 3.55. The van der Waals surface area contributed by atoms with Crippen LogP contribution in [0.25, 0.3) is 0 Å². The molecule has 7 heteroatoms. The minimum Gasteiger partial charge on any atom is -0.487 e. The molecule has 0 bridgehead atoms. The van der Waals surface area contributed by atoms with Crippen LogP contribution in [0, 0.1) is 5.92 Å². The molecule has 1 N–H and O–H groups in total. The molecule has 0 spiro atoms. The molecule has 1 aliphatic rings. The molecule has 0 amide bonds. The third-order valence-corrected chi connectivity index (χ3v) is 5.12. The first-order chi connectivity index (χ1) is 15.2. The van der Waals surface area contributed by atoms with Crippen molar-refractivity contribution >= 4 is 11.9 Å². The second-order valence-electron chi connectivity index (χ2n) is 7.46. The Balaban J connectivity index is 1.57. The van der Waals surface area contributed by atoms with Gasteiger partial charge in [0, 0.05) is 25.8 Å². The van der Waals surface area contributed by atoms with Crippen LogP contribution in [0.5, 0.6) is 5.75 Å². The zero-order chi connectivity index (χ0) is 21.9. The van der Waals surface area contributed by atoms with E-state index in [2.05, 4.69) is 22.1 Å². The summed E-state index contributed by atoms with van der Waals surface area (Å²) in [5.74, 6) is 1.45. The van der Waals surface area contributed by atoms with Crippen LogP contribution in [0.15, 0.2) is 53.7 Å². The van der Waals surface area contributed by atoms with E-state index in [0.717, 1.165) is 48.9 Å². The standard InChI is InChI=1S/C24H32N4O3/c1-3-25-24(28-15-7-8-20(17-28)23(29)30-4-2)27-16-19-10-12-22(13-11-19)31-18-21-9-5-6-14-26-21/h5-6,9-14,20H,3-4,7-8,15-18H2,1-2H3,(H,25,27)/t20-/m0/s1. The molecule has 0 aliphatic carbocycles. The van der Waals surface area contributed by atoms with Crippen molar-refractivity contribution in [3.8, 4) is 5.75 Å². The van der Waals surface area contributed by atoms with Crippen molar-refractivity contribution in [1.29, 1.82) is 0 Å². The summed E-state index contributed by atoms with van der Waals surface area (Å²) in [4.78, 5) is 23.4. The molecule has 0 unspecified atom stereocenters. The van der Waals surface area contributed by atoms with Crippen LogP contribution in [0.4, 0.5) is 0 Å². The van der Waals surface area contributed by atoms with Gasteiger partial charge in [-0.05, 0) is 56.5 Å². The molecule has 0 radical (unpaired) electrons. The molecule has 0 saturated carbocycles.